The number of unbranched alkanes of at least 4 members (excludes halogenated alkanes) is 23. The predicted octanol–water partition coefficient (Wildman–Crippen LogP) is 12.2. The number of hydrogen-bond donors (Lipinski definition) is 0. The van der Waals surface area contributed by atoms with Crippen molar-refractivity contribution in [1.82, 2.24) is 0 Å². The first-order valence-electron chi connectivity index (χ1n) is 16.3. The lowest BCUT2D eigenvalue weighted by atomic mass is 10.0. The molecule has 0 amide bonds. The Bertz CT molecular complexity index is 480. The molecule has 0 fully saturated rings. The molecule has 0 saturated carbocycles. The van der Waals surface area contributed by atoms with Gasteiger partial charge in [-0.3, -0.25) is 4.79 Å². The first-order chi connectivity index (χ1) is 17.8. The van der Waals surface area contributed by atoms with Gasteiger partial charge in [0.15, 0.2) is 0 Å². The second-order valence-corrected chi connectivity index (χ2v) is 10.9. The van der Waals surface area contributed by atoms with Crippen molar-refractivity contribution in [1.29, 1.82) is 0 Å². The SMILES string of the molecule is CCCCCCCC/C=C\CCCCCCCC(=O)O/C=C/CCCCCCCCCCCCCC. The van der Waals surface area contributed by atoms with Crippen LogP contribution in [0.15, 0.2) is 24.5 Å². The zero-order chi connectivity index (χ0) is 26.2. The van der Waals surface area contributed by atoms with E-state index in [1.807, 2.05) is 6.08 Å². The van der Waals surface area contributed by atoms with Crippen LogP contribution in [0.4, 0.5) is 0 Å². The number of carbonyl (C=O) groups is 1. The molecule has 0 saturated heterocycles. The summed E-state index contributed by atoms with van der Waals surface area (Å²) < 4.78 is 5.24. The van der Waals surface area contributed by atoms with E-state index in [1.54, 1.807) is 6.26 Å². The van der Waals surface area contributed by atoms with Crippen molar-refractivity contribution >= 4 is 5.97 Å². The molecule has 0 radical (unpaired) electrons. The van der Waals surface area contributed by atoms with Gasteiger partial charge in [0.1, 0.15) is 0 Å². The Labute approximate surface area is 227 Å². The lowest BCUT2D eigenvalue weighted by Gasteiger charge is -2.02. The fourth-order valence-electron chi connectivity index (χ4n) is 4.69. The molecule has 212 valence electrons. The fraction of sp³-hybridized carbons (Fsp3) is 0.853. The van der Waals surface area contributed by atoms with Crippen molar-refractivity contribution in [3.8, 4) is 0 Å². The minimum atomic E-state index is -0.0708. The van der Waals surface area contributed by atoms with Crippen LogP contribution in [0.1, 0.15) is 187 Å². The number of ether oxygens (including phenoxy) is 1. The van der Waals surface area contributed by atoms with Crippen LogP contribution in [0.5, 0.6) is 0 Å². The lowest BCUT2D eigenvalue weighted by molar-refractivity contribution is -0.138. The van der Waals surface area contributed by atoms with Gasteiger partial charge < -0.3 is 4.74 Å². The number of esters is 1. The summed E-state index contributed by atoms with van der Waals surface area (Å²) in [5.41, 5.74) is 0. The van der Waals surface area contributed by atoms with Gasteiger partial charge in [-0.05, 0) is 51.0 Å². The minimum Gasteiger partial charge on any atom is -0.435 e. The van der Waals surface area contributed by atoms with Crippen molar-refractivity contribution in [2.75, 3.05) is 0 Å². The molecule has 36 heavy (non-hydrogen) atoms. The molecule has 0 aliphatic carbocycles. The minimum absolute atomic E-state index is 0.0708. The molecule has 0 atom stereocenters. The highest BCUT2D eigenvalue weighted by Gasteiger charge is 2.00. The zero-order valence-electron chi connectivity index (χ0n) is 24.7. The molecule has 0 heterocycles. The van der Waals surface area contributed by atoms with Crippen LogP contribution < -0.4 is 0 Å². The molecule has 0 aromatic rings. The average Bonchev–Trinajstić information content (AvgIpc) is 2.88. The van der Waals surface area contributed by atoms with E-state index in [1.165, 1.54) is 148 Å². The number of carbonyl (C=O) groups excluding carboxylic acids is 1. The van der Waals surface area contributed by atoms with Gasteiger partial charge in [0, 0.05) is 6.42 Å². The highest BCUT2D eigenvalue weighted by molar-refractivity contribution is 5.69. The highest BCUT2D eigenvalue weighted by Crippen LogP contribution is 2.13. The maximum atomic E-state index is 11.8. The van der Waals surface area contributed by atoms with Gasteiger partial charge in [-0.25, -0.2) is 0 Å². The third-order valence-electron chi connectivity index (χ3n) is 7.16. The third kappa shape index (κ3) is 31.0. The Balaban J connectivity index is 3.26. The summed E-state index contributed by atoms with van der Waals surface area (Å²) in [6.07, 6.45) is 43.1. The highest BCUT2D eigenvalue weighted by atomic mass is 16.5. The van der Waals surface area contributed by atoms with Crippen LogP contribution in [0.2, 0.25) is 0 Å². The van der Waals surface area contributed by atoms with Gasteiger partial charge in [0.2, 0.25) is 0 Å². The molecule has 0 aromatic carbocycles. The Morgan fingerprint density at radius 2 is 0.778 bits per heavy atom. The van der Waals surface area contributed by atoms with E-state index in [9.17, 15) is 4.79 Å². The predicted molar refractivity (Wildman–Crippen MR) is 160 cm³/mol. The molecule has 2 heteroatoms. The standard InChI is InChI=1S/C34H64O2/c1-3-5-7-9-11-13-15-17-19-20-22-24-26-28-30-32-34(35)36-33-31-29-27-25-23-21-18-16-14-12-10-8-6-4-2/h17,19,31,33H,3-16,18,20-30,32H2,1-2H3/b19-17-,33-31+. The molecular weight excluding hydrogens is 440 g/mol. The molecule has 0 aliphatic rings. The molecule has 0 N–H and O–H groups in total. The summed E-state index contributed by atoms with van der Waals surface area (Å²) in [5.74, 6) is -0.0708. The molecule has 0 unspecified atom stereocenters. The van der Waals surface area contributed by atoms with E-state index in [4.69, 9.17) is 4.74 Å². The van der Waals surface area contributed by atoms with E-state index in [0.29, 0.717) is 6.42 Å². The van der Waals surface area contributed by atoms with Gasteiger partial charge in [-0.15, -0.1) is 0 Å². The normalized spacial score (nSPS) is 11.7. The maximum Gasteiger partial charge on any atom is 0.310 e. The van der Waals surface area contributed by atoms with Crippen LogP contribution in [0.25, 0.3) is 0 Å². The Morgan fingerprint density at radius 1 is 0.444 bits per heavy atom. The lowest BCUT2D eigenvalue weighted by Crippen LogP contribution is -1.98. The van der Waals surface area contributed by atoms with Gasteiger partial charge >= 0.3 is 5.97 Å². The first kappa shape index (κ1) is 35.0. The molecule has 2 nitrogen and oxygen atoms in total. The Hall–Kier alpha value is -1.05. The molecule has 0 aromatic heterocycles. The first-order valence-corrected chi connectivity index (χ1v) is 16.3. The number of allylic oxidation sites excluding steroid dienone is 3. The van der Waals surface area contributed by atoms with E-state index >= 15 is 0 Å². The van der Waals surface area contributed by atoms with E-state index in [2.05, 4.69) is 26.0 Å². The smallest absolute Gasteiger partial charge is 0.310 e. The number of rotatable bonds is 29. The second kappa shape index (κ2) is 32.0. The monoisotopic (exact) mass is 504 g/mol. The number of hydrogen-bond acceptors (Lipinski definition) is 2. The van der Waals surface area contributed by atoms with Gasteiger partial charge in [0.05, 0.1) is 6.26 Å². The molecular formula is C34H64O2. The quantitative estimate of drug-likeness (QED) is 0.0438. The fourth-order valence-corrected chi connectivity index (χ4v) is 4.69. The second-order valence-electron chi connectivity index (χ2n) is 10.9. The van der Waals surface area contributed by atoms with Crippen LogP contribution in [-0.4, -0.2) is 5.97 Å². The van der Waals surface area contributed by atoms with Crippen molar-refractivity contribution in [2.24, 2.45) is 0 Å². The molecule has 0 aliphatic heterocycles. The van der Waals surface area contributed by atoms with Crippen molar-refractivity contribution in [3.05, 3.63) is 24.5 Å². The van der Waals surface area contributed by atoms with Crippen LogP contribution in [0, 0.1) is 0 Å². The maximum absolute atomic E-state index is 11.8. The summed E-state index contributed by atoms with van der Waals surface area (Å²) in [5, 5.41) is 0. The van der Waals surface area contributed by atoms with Gasteiger partial charge in [-0.2, -0.15) is 0 Å². The van der Waals surface area contributed by atoms with Gasteiger partial charge in [0.25, 0.3) is 0 Å². The van der Waals surface area contributed by atoms with Crippen LogP contribution in [-0.2, 0) is 9.53 Å². The third-order valence-corrected chi connectivity index (χ3v) is 7.16. The largest absolute Gasteiger partial charge is 0.435 e. The molecule has 0 rings (SSSR count). The molecule has 0 bridgehead atoms. The van der Waals surface area contributed by atoms with Gasteiger partial charge in [-0.1, -0.05) is 148 Å². The summed E-state index contributed by atoms with van der Waals surface area (Å²) in [6, 6.07) is 0. The summed E-state index contributed by atoms with van der Waals surface area (Å²) in [4.78, 5) is 11.8. The van der Waals surface area contributed by atoms with E-state index in [0.717, 1.165) is 19.3 Å². The van der Waals surface area contributed by atoms with Crippen LogP contribution >= 0.6 is 0 Å². The van der Waals surface area contributed by atoms with Crippen molar-refractivity contribution in [2.45, 2.75) is 187 Å². The average molecular weight is 505 g/mol. The van der Waals surface area contributed by atoms with Crippen molar-refractivity contribution < 1.29 is 9.53 Å². The van der Waals surface area contributed by atoms with E-state index < -0.39 is 0 Å². The van der Waals surface area contributed by atoms with E-state index in [-0.39, 0.29) is 5.97 Å². The summed E-state index contributed by atoms with van der Waals surface area (Å²) in [6.45, 7) is 4.56. The van der Waals surface area contributed by atoms with Crippen molar-refractivity contribution in [3.63, 3.8) is 0 Å². The topological polar surface area (TPSA) is 26.3 Å². The molecule has 0 spiro atoms. The summed E-state index contributed by atoms with van der Waals surface area (Å²) >= 11 is 0. The van der Waals surface area contributed by atoms with Crippen LogP contribution in [0.3, 0.4) is 0 Å². The Morgan fingerprint density at radius 3 is 1.19 bits per heavy atom. The Kier molecular flexibility index (Phi) is 31.0. The summed E-state index contributed by atoms with van der Waals surface area (Å²) in [7, 11) is 0. The zero-order valence-corrected chi connectivity index (χ0v) is 24.7.